The van der Waals surface area contributed by atoms with Crippen LogP contribution < -0.4 is 4.72 Å². The van der Waals surface area contributed by atoms with Crippen LogP contribution in [0.1, 0.15) is 24.8 Å². The van der Waals surface area contributed by atoms with Crippen molar-refractivity contribution in [2.45, 2.75) is 30.2 Å². The molecule has 19 heavy (non-hydrogen) atoms. The molecule has 2 rings (SSSR count). The highest BCUT2D eigenvalue weighted by molar-refractivity contribution is 7.89. The van der Waals surface area contributed by atoms with Gasteiger partial charge in [0.1, 0.15) is 11.5 Å². The van der Waals surface area contributed by atoms with E-state index in [1.54, 1.807) is 6.07 Å². The van der Waals surface area contributed by atoms with Gasteiger partial charge in [-0.3, -0.25) is 0 Å². The Morgan fingerprint density at radius 1 is 1.42 bits per heavy atom. The maximum Gasteiger partial charge on any atom is 0.242 e. The predicted molar refractivity (Wildman–Crippen MR) is 73.4 cm³/mol. The van der Waals surface area contributed by atoms with Crippen LogP contribution in [-0.2, 0) is 10.0 Å². The number of rotatable bonds is 3. The highest BCUT2D eigenvalue weighted by Crippen LogP contribution is 2.25. The van der Waals surface area contributed by atoms with E-state index in [1.807, 2.05) is 0 Å². The number of halogens is 1. The van der Waals surface area contributed by atoms with Gasteiger partial charge in [0.2, 0.25) is 10.0 Å². The van der Waals surface area contributed by atoms with Gasteiger partial charge >= 0.3 is 0 Å². The normalized spacial score (nSPS) is 15.5. The highest BCUT2D eigenvalue weighted by atomic mass is 35.5. The average Bonchev–Trinajstić information content (AvgIpc) is 2.31. The topological polar surface area (TPSA) is 66.4 Å². The van der Waals surface area contributed by atoms with Gasteiger partial charge in [0, 0.05) is 11.6 Å². The summed E-state index contributed by atoms with van der Waals surface area (Å²) in [5, 5.41) is 8.74. The number of aliphatic hydroxyl groups excluding tert-OH is 1. The molecule has 6 heteroatoms. The number of nitrogens with one attached hydrogen (secondary N) is 1. The Bertz CT molecular complexity index is 627. The summed E-state index contributed by atoms with van der Waals surface area (Å²) >= 11 is 5.99. The summed E-state index contributed by atoms with van der Waals surface area (Å²) in [6.45, 7) is -0.249. The highest BCUT2D eigenvalue weighted by Gasteiger charge is 2.26. The van der Waals surface area contributed by atoms with Crippen molar-refractivity contribution in [1.82, 2.24) is 4.72 Å². The summed E-state index contributed by atoms with van der Waals surface area (Å²) in [6.07, 6.45) is 2.80. The summed E-state index contributed by atoms with van der Waals surface area (Å²) in [5.41, 5.74) is 0.571. The lowest BCUT2D eigenvalue weighted by atomic mass is 9.94. The lowest BCUT2D eigenvalue weighted by Gasteiger charge is -2.26. The number of benzene rings is 1. The molecule has 0 aliphatic heterocycles. The van der Waals surface area contributed by atoms with Crippen molar-refractivity contribution in [2.24, 2.45) is 0 Å². The van der Waals surface area contributed by atoms with Gasteiger partial charge in [0.05, 0.1) is 5.02 Å². The molecule has 1 fully saturated rings. The molecule has 0 bridgehead atoms. The molecular weight excluding hydrogens is 286 g/mol. The number of sulfonamides is 1. The molecule has 1 saturated carbocycles. The van der Waals surface area contributed by atoms with Gasteiger partial charge in [0.15, 0.2) is 0 Å². The third-order valence-electron chi connectivity index (χ3n) is 2.96. The molecule has 0 heterocycles. The molecule has 0 unspecified atom stereocenters. The van der Waals surface area contributed by atoms with Crippen molar-refractivity contribution in [2.75, 3.05) is 6.61 Å². The lowest BCUT2D eigenvalue weighted by molar-refractivity contribution is 0.350. The monoisotopic (exact) mass is 299 g/mol. The molecule has 0 saturated heterocycles. The number of hydrogen-bond donors (Lipinski definition) is 2. The fourth-order valence-electron chi connectivity index (χ4n) is 1.75. The van der Waals surface area contributed by atoms with Gasteiger partial charge in [-0.1, -0.05) is 29.9 Å². The van der Waals surface area contributed by atoms with Gasteiger partial charge in [-0.2, -0.15) is 0 Å². The molecule has 102 valence electrons. The number of hydrogen-bond acceptors (Lipinski definition) is 3. The molecule has 1 aromatic carbocycles. The van der Waals surface area contributed by atoms with Crippen molar-refractivity contribution in [3.05, 3.63) is 28.8 Å². The zero-order chi connectivity index (χ0) is 13.9. The zero-order valence-electron chi connectivity index (χ0n) is 10.2. The van der Waals surface area contributed by atoms with Gasteiger partial charge in [0.25, 0.3) is 0 Å². The van der Waals surface area contributed by atoms with E-state index in [0.29, 0.717) is 5.56 Å². The van der Waals surface area contributed by atoms with Crippen LogP contribution in [-0.4, -0.2) is 26.2 Å². The molecule has 1 aromatic rings. The quantitative estimate of drug-likeness (QED) is 0.832. The molecule has 0 amide bonds. The molecule has 1 aliphatic rings. The minimum Gasteiger partial charge on any atom is -0.384 e. The Morgan fingerprint density at radius 3 is 2.68 bits per heavy atom. The van der Waals surface area contributed by atoms with Crippen molar-refractivity contribution in [3.63, 3.8) is 0 Å². The first-order valence-electron chi connectivity index (χ1n) is 5.94. The molecule has 2 N–H and O–H groups in total. The van der Waals surface area contributed by atoms with E-state index in [9.17, 15) is 8.42 Å². The van der Waals surface area contributed by atoms with E-state index in [1.165, 1.54) is 12.1 Å². The van der Waals surface area contributed by atoms with Crippen LogP contribution in [0.4, 0.5) is 0 Å². The van der Waals surface area contributed by atoms with E-state index >= 15 is 0 Å². The molecular formula is C13H14ClNO3S. The van der Waals surface area contributed by atoms with Gasteiger partial charge in [-0.25, -0.2) is 13.1 Å². The molecule has 0 spiro atoms. The maximum absolute atomic E-state index is 12.1. The van der Waals surface area contributed by atoms with Crippen LogP contribution in [0.3, 0.4) is 0 Å². The minimum atomic E-state index is -3.57. The van der Waals surface area contributed by atoms with Crippen LogP contribution >= 0.6 is 11.6 Å². The standard InChI is InChI=1S/C13H14ClNO3S/c14-12-9-10(3-2-8-16)6-7-13(12)19(17,18)15-11-4-1-5-11/h6-7,9,11,15-16H,1,4-5,8H2. The molecule has 0 atom stereocenters. The average molecular weight is 300 g/mol. The van der Waals surface area contributed by atoms with E-state index in [2.05, 4.69) is 16.6 Å². The third-order valence-corrected chi connectivity index (χ3v) is 4.96. The summed E-state index contributed by atoms with van der Waals surface area (Å²) in [7, 11) is -3.57. The Morgan fingerprint density at radius 2 is 2.16 bits per heavy atom. The van der Waals surface area contributed by atoms with Gasteiger partial charge < -0.3 is 5.11 Å². The Labute approximate surface area is 117 Å². The number of aliphatic hydroxyl groups is 1. The summed E-state index contributed by atoms with van der Waals surface area (Å²) in [6, 6.07) is 4.52. The van der Waals surface area contributed by atoms with Crippen LogP contribution in [0.5, 0.6) is 0 Å². The van der Waals surface area contributed by atoms with E-state index < -0.39 is 10.0 Å². The first-order chi connectivity index (χ1) is 9.03. The van der Waals surface area contributed by atoms with Crippen molar-refractivity contribution < 1.29 is 13.5 Å². The smallest absolute Gasteiger partial charge is 0.242 e. The fraction of sp³-hybridized carbons (Fsp3) is 0.385. The van der Waals surface area contributed by atoms with Gasteiger partial charge in [-0.05, 0) is 31.0 Å². The molecule has 0 radical (unpaired) electrons. The Balaban J connectivity index is 2.24. The van der Waals surface area contributed by atoms with Crippen molar-refractivity contribution in [3.8, 4) is 11.8 Å². The fourth-order valence-corrected chi connectivity index (χ4v) is 3.60. The molecule has 4 nitrogen and oxygen atoms in total. The van der Waals surface area contributed by atoms with E-state index in [4.69, 9.17) is 16.7 Å². The second-order valence-electron chi connectivity index (χ2n) is 4.35. The largest absolute Gasteiger partial charge is 0.384 e. The van der Waals surface area contributed by atoms with Crippen LogP contribution in [0.25, 0.3) is 0 Å². The summed E-state index contributed by atoms with van der Waals surface area (Å²) < 4.78 is 26.8. The van der Waals surface area contributed by atoms with Crippen molar-refractivity contribution >= 4 is 21.6 Å². The first kappa shape index (κ1) is 14.4. The summed E-state index contributed by atoms with van der Waals surface area (Å²) in [5.74, 6) is 5.16. The molecule has 0 aromatic heterocycles. The zero-order valence-corrected chi connectivity index (χ0v) is 11.8. The maximum atomic E-state index is 12.1. The molecule has 1 aliphatic carbocycles. The second-order valence-corrected chi connectivity index (χ2v) is 6.44. The van der Waals surface area contributed by atoms with Crippen LogP contribution in [0.15, 0.2) is 23.1 Å². The van der Waals surface area contributed by atoms with E-state index in [-0.39, 0.29) is 22.6 Å². The van der Waals surface area contributed by atoms with Gasteiger partial charge in [-0.15, -0.1) is 0 Å². The predicted octanol–water partition coefficient (Wildman–Crippen LogP) is 1.51. The van der Waals surface area contributed by atoms with Crippen LogP contribution in [0.2, 0.25) is 5.02 Å². The second kappa shape index (κ2) is 5.93. The van der Waals surface area contributed by atoms with Crippen LogP contribution in [0, 0.1) is 11.8 Å². The van der Waals surface area contributed by atoms with Crippen molar-refractivity contribution in [1.29, 1.82) is 0 Å². The minimum absolute atomic E-state index is 0.0231. The Hall–Kier alpha value is -1.06. The SMILES string of the molecule is O=S(=O)(NC1CCC1)c1ccc(C#CCO)cc1Cl. The Kier molecular flexibility index (Phi) is 4.48. The summed E-state index contributed by atoms with van der Waals surface area (Å²) in [4.78, 5) is 0.0654. The van der Waals surface area contributed by atoms with E-state index in [0.717, 1.165) is 19.3 Å². The third kappa shape index (κ3) is 3.48. The first-order valence-corrected chi connectivity index (χ1v) is 7.80. The lowest BCUT2D eigenvalue weighted by Crippen LogP contribution is -2.39.